The van der Waals surface area contributed by atoms with E-state index >= 15 is 0 Å². The Labute approximate surface area is 122 Å². The average molecular weight is 302 g/mol. The van der Waals surface area contributed by atoms with Crippen LogP contribution >= 0.6 is 0 Å². The van der Waals surface area contributed by atoms with E-state index in [1.54, 1.807) is 15.7 Å². The third-order valence-electron chi connectivity index (χ3n) is 5.56. The molecule has 1 heterocycles. The normalized spacial score (nSPS) is 36.6. The van der Waals surface area contributed by atoms with E-state index in [-0.39, 0.29) is 18.1 Å². The largest absolute Gasteiger partial charge is 0.393 e. The van der Waals surface area contributed by atoms with Gasteiger partial charge in [0.05, 0.1) is 6.10 Å². The maximum atomic E-state index is 12.7. The van der Waals surface area contributed by atoms with E-state index in [1.165, 1.54) is 6.42 Å². The molecule has 3 unspecified atom stereocenters. The number of hydrogen-bond acceptors (Lipinski definition) is 3. The van der Waals surface area contributed by atoms with Gasteiger partial charge in [0.2, 0.25) is 0 Å². The highest BCUT2D eigenvalue weighted by molar-refractivity contribution is 7.86. The van der Waals surface area contributed by atoms with Crippen LogP contribution in [0.15, 0.2) is 0 Å². The second-order valence-electron chi connectivity index (χ2n) is 6.70. The van der Waals surface area contributed by atoms with Gasteiger partial charge in [0.1, 0.15) is 0 Å². The van der Waals surface area contributed by atoms with E-state index in [0.29, 0.717) is 19.0 Å². The van der Waals surface area contributed by atoms with Crippen LogP contribution in [-0.4, -0.2) is 54.4 Å². The molecule has 0 bridgehead atoms. The zero-order chi connectivity index (χ0) is 14.3. The fraction of sp³-hybridized carbons (Fsp3) is 1.00. The minimum absolute atomic E-state index is 0.157. The highest BCUT2D eigenvalue weighted by Gasteiger charge is 2.47. The van der Waals surface area contributed by atoms with Crippen molar-refractivity contribution in [1.82, 2.24) is 8.61 Å². The van der Waals surface area contributed by atoms with Crippen molar-refractivity contribution in [3.05, 3.63) is 0 Å². The summed E-state index contributed by atoms with van der Waals surface area (Å²) in [6.07, 6.45) is 6.96. The molecule has 0 aromatic carbocycles. The van der Waals surface area contributed by atoms with E-state index in [4.69, 9.17) is 0 Å². The summed E-state index contributed by atoms with van der Waals surface area (Å²) >= 11 is 0. The summed E-state index contributed by atoms with van der Waals surface area (Å²) in [7, 11) is -1.62. The molecular formula is C14H26N2O3S. The van der Waals surface area contributed by atoms with Crippen molar-refractivity contribution < 1.29 is 13.5 Å². The van der Waals surface area contributed by atoms with Crippen LogP contribution in [0.4, 0.5) is 0 Å². The van der Waals surface area contributed by atoms with Crippen LogP contribution in [0.25, 0.3) is 0 Å². The molecule has 1 N–H and O–H groups in total. The van der Waals surface area contributed by atoms with E-state index in [9.17, 15) is 13.5 Å². The zero-order valence-corrected chi connectivity index (χ0v) is 13.1. The van der Waals surface area contributed by atoms with Crippen molar-refractivity contribution >= 4 is 10.2 Å². The van der Waals surface area contributed by atoms with Gasteiger partial charge in [-0.3, -0.25) is 0 Å². The molecule has 5 nitrogen and oxygen atoms in total. The van der Waals surface area contributed by atoms with Crippen molar-refractivity contribution in [1.29, 1.82) is 0 Å². The molecule has 116 valence electrons. The zero-order valence-electron chi connectivity index (χ0n) is 12.2. The lowest BCUT2D eigenvalue weighted by Crippen LogP contribution is -2.46. The molecule has 3 atom stereocenters. The first-order chi connectivity index (χ1) is 9.50. The maximum Gasteiger partial charge on any atom is 0.281 e. The number of fused-ring (bicyclic) bond motifs is 1. The number of nitrogens with zero attached hydrogens (tertiary/aromatic N) is 2. The summed E-state index contributed by atoms with van der Waals surface area (Å²) in [5.41, 5.74) is 0. The lowest BCUT2D eigenvalue weighted by molar-refractivity contribution is 0.129. The van der Waals surface area contributed by atoms with E-state index in [1.807, 2.05) is 0 Å². The van der Waals surface area contributed by atoms with Gasteiger partial charge in [-0.05, 0) is 31.6 Å². The Morgan fingerprint density at radius 1 is 1.05 bits per heavy atom. The molecule has 1 aliphatic heterocycles. The maximum absolute atomic E-state index is 12.7. The highest BCUT2D eigenvalue weighted by Crippen LogP contribution is 2.39. The lowest BCUT2D eigenvalue weighted by Gasteiger charge is -2.33. The standard InChI is InChI=1S/C14H26N2O3S/c1-15(12-5-3-2-4-6-12)20(18,19)16-9-11-7-8-14(17)13(11)10-16/h11-14,17H,2-10H2,1H3. The molecule has 1 saturated heterocycles. The van der Waals surface area contributed by atoms with Crippen LogP contribution in [0.1, 0.15) is 44.9 Å². The highest BCUT2D eigenvalue weighted by atomic mass is 32.2. The SMILES string of the molecule is CN(C1CCCCC1)S(=O)(=O)N1CC2CCC(O)C2C1. The first-order valence-electron chi connectivity index (χ1n) is 7.91. The molecule has 6 heteroatoms. The van der Waals surface area contributed by atoms with E-state index < -0.39 is 10.2 Å². The summed E-state index contributed by atoms with van der Waals surface area (Å²) in [5.74, 6) is 0.518. The summed E-state index contributed by atoms with van der Waals surface area (Å²) in [6.45, 7) is 1.10. The van der Waals surface area contributed by atoms with Crippen molar-refractivity contribution in [3.8, 4) is 0 Å². The Morgan fingerprint density at radius 3 is 2.40 bits per heavy atom. The first kappa shape index (κ1) is 14.8. The molecule has 0 radical (unpaired) electrons. The molecule has 0 amide bonds. The second-order valence-corrected chi connectivity index (χ2v) is 8.69. The molecule has 3 rings (SSSR count). The predicted molar refractivity (Wildman–Crippen MR) is 77.3 cm³/mol. The third kappa shape index (κ3) is 2.51. The topological polar surface area (TPSA) is 60.9 Å². The van der Waals surface area contributed by atoms with Crippen LogP contribution < -0.4 is 0 Å². The van der Waals surface area contributed by atoms with Crippen molar-refractivity contribution in [2.45, 2.75) is 57.1 Å². The number of hydrogen-bond donors (Lipinski definition) is 1. The van der Waals surface area contributed by atoms with Gasteiger partial charge in [0.25, 0.3) is 10.2 Å². The summed E-state index contributed by atoms with van der Waals surface area (Å²) < 4.78 is 28.7. The molecule has 2 aliphatic carbocycles. The molecule has 20 heavy (non-hydrogen) atoms. The molecule has 0 spiro atoms. The molecule has 3 fully saturated rings. The Hall–Kier alpha value is -0.170. The van der Waals surface area contributed by atoms with E-state index in [0.717, 1.165) is 38.5 Å². The molecular weight excluding hydrogens is 276 g/mol. The Balaban J connectivity index is 1.69. The fourth-order valence-electron chi connectivity index (χ4n) is 4.20. The Bertz CT molecular complexity index is 447. The van der Waals surface area contributed by atoms with Crippen LogP contribution in [0, 0.1) is 11.8 Å². The number of aliphatic hydroxyl groups excluding tert-OH is 1. The lowest BCUT2D eigenvalue weighted by atomic mass is 9.96. The first-order valence-corrected chi connectivity index (χ1v) is 9.31. The fourth-order valence-corrected chi connectivity index (χ4v) is 5.89. The Morgan fingerprint density at radius 2 is 1.75 bits per heavy atom. The van der Waals surface area contributed by atoms with Crippen LogP contribution in [0.3, 0.4) is 0 Å². The van der Waals surface area contributed by atoms with Gasteiger partial charge < -0.3 is 5.11 Å². The van der Waals surface area contributed by atoms with E-state index in [2.05, 4.69) is 0 Å². The van der Waals surface area contributed by atoms with Crippen LogP contribution in [0.5, 0.6) is 0 Å². The van der Waals surface area contributed by atoms with Gasteiger partial charge in [-0.1, -0.05) is 19.3 Å². The minimum Gasteiger partial charge on any atom is -0.393 e. The van der Waals surface area contributed by atoms with Crippen molar-refractivity contribution in [2.24, 2.45) is 11.8 Å². The molecule has 3 aliphatic rings. The molecule has 2 saturated carbocycles. The third-order valence-corrected chi connectivity index (χ3v) is 7.54. The monoisotopic (exact) mass is 302 g/mol. The van der Waals surface area contributed by atoms with Gasteiger partial charge in [0.15, 0.2) is 0 Å². The quantitative estimate of drug-likeness (QED) is 0.852. The molecule has 0 aromatic heterocycles. The van der Waals surface area contributed by atoms with Gasteiger partial charge >= 0.3 is 0 Å². The van der Waals surface area contributed by atoms with Gasteiger partial charge in [-0.25, -0.2) is 0 Å². The summed E-state index contributed by atoms with van der Waals surface area (Å²) in [4.78, 5) is 0. The van der Waals surface area contributed by atoms with Crippen molar-refractivity contribution in [3.63, 3.8) is 0 Å². The van der Waals surface area contributed by atoms with Gasteiger partial charge in [-0.2, -0.15) is 17.0 Å². The molecule has 0 aromatic rings. The number of rotatable bonds is 3. The second kappa shape index (κ2) is 5.55. The summed E-state index contributed by atoms with van der Waals surface area (Å²) in [6, 6.07) is 0.166. The predicted octanol–water partition coefficient (Wildman–Crippen LogP) is 1.20. The van der Waals surface area contributed by atoms with Gasteiger partial charge in [-0.15, -0.1) is 0 Å². The Kier molecular flexibility index (Phi) is 4.10. The smallest absolute Gasteiger partial charge is 0.281 e. The minimum atomic E-state index is -3.35. The summed E-state index contributed by atoms with van der Waals surface area (Å²) in [5, 5.41) is 9.94. The van der Waals surface area contributed by atoms with Crippen LogP contribution in [0.2, 0.25) is 0 Å². The van der Waals surface area contributed by atoms with Crippen LogP contribution in [-0.2, 0) is 10.2 Å². The van der Waals surface area contributed by atoms with Gasteiger partial charge in [0, 0.05) is 32.1 Å². The average Bonchev–Trinajstić information content (AvgIpc) is 3.02. The van der Waals surface area contributed by atoms with Crippen molar-refractivity contribution in [2.75, 3.05) is 20.1 Å². The number of aliphatic hydroxyl groups is 1.